The Balaban J connectivity index is 2.18. The number of aliphatic hydroxyl groups excluding tert-OH is 1. The minimum atomic E-state index is -0.857. The number of ether oxygens (including phenoxy) is 2. The van der Waals surface area contributed by atoms with Crippen molar-refractivity contribution in [3.8, 4) is 17.2 Å². The third kappa shape index (κ3) is 4.99. The Bertz CT molecular complexity index is 1100. The van der Waals surface area contributed by atoms with Crippen LogP contribution in [0.2, 0.25) is 0 Å². The van der Waals surface area contributed by atoms with Crippen molar-refractivity contribution in [1.82, 2.24) is 9.80 Å². The van der Waals surface area contributed by atoms with Crippen LogP contribution >= 0.6 is 15.9 Å². The first-order valence-electron chi connectivity index (χ1n) is 10.3. The van der Waals surface area contributed by atoms with E-state index in [0.717, 1.165) is 0 Å². The molecule has 2 aromatic rings. The van der Waals surface area contributed by atoms with Gasteiger partial charge >= 0.3 is 0 Å². The van der Waals surface area contributed by atoms with Crippen molar-refractivity contribution in [1.29, 1.82) is 0 Å². The fourth-order valence-electron chi connectivity index (χ4n) is 3.85. The average Bonchev–Trinajstić information content (AvgIpc) is 3.05. The van der Waals surface area contributed by atoms with E-state index in [9.17, 15) is 19.8 Å². The number of likely N-dealkylation sites (tertiary alicyclic amines) is 1. The zero-order valence-electron chi connectivity index (χ0n) is 19.0. The Hall–Kier alpha value is -3.04. The Morgan fingerprint density at radius 2 is 1.88 bits per heavy atom. The summed E-state index contributed by atoms with van der Waals surface area (Å²) in [6.45, 7) is 1.03. The molecule has 1 unspecified atom stereocenters. The number of aromatic hydroxyl groups is 1. The van der Waals surface area contributed by atoms with Crippen LogP contribution in [0.15, 0.2) is 46.4 Å². The molecule has 1 fully saturated rings. The predicted octanol–water partition coefficient (Wildman–Crippen LogP) is 3.55. The molecule has 1 heterocycles. The lowest BCUT2D eigenvalue weighted by Gasteiger charge is -2.26. The molecule has 0 spiro atoms. The normalized spacial score (nSPS) is 17.6. The zero-order chi connectivity index (χ0) is 24.3. The molecule has 0 aliphatic carbocycles. The Labute approximate surface area is 201 Å². The number of carbonyl (C=O) groups is 2. The maximum Gasteiger partial charge on any atom is 0.295 e. The van der Waals surface area contributed by atoms with Crippen LogP contribution < -0.4 is 9.47 Å². The lowest BCUT2D eigenvalue weighted by atomic mass is 9.95. The largest absolute Gasteiger partial charge is 0.507 e. The van der Waals surface area contributed by atoms with Crippen molar-refractivity contribution in [3.05, 3.63) is 57.6 Å². The number of hydrogen-bond acceptors (Lipinski definition) is 7. The van der Waals surface area contributed by atoms with Crippen LogP contribution in [0, 0.1) is 0 Å². The van der Waals surface area contributed by atoms with Crippen LogP contribution in [0.4, 0.5) is 0 Å². The van der Waals surface area contributed by atoms with Gasteiger partial charge in [0.15, 0.2) is 11.5 Å². The smallest absolute Gasteiger partial charge is 0.295 e. The highest BCUT2D eigenvalue weighted by atomic mass is 79.9. The highest BCUT2D eigenvalue weighted by Crippen LogP contribution is 2.44. The molecule has 0 bridgehead atoms. The summed E-state index contributed by atoms with van der Waals surface area (Å²) in [6.07, 6.45) is 0.631. The minimum Gasteiger partial charge on any atom is -0.507 e. The predicted molar refractivity (Wildman–Crippen MR) is 128 cm³/mol. The highest BCUT2D eigenvalue weighted by Gasteiger charge is 2.46. The molecule has 0 aromatic heterocycles. The maximum absolute atomic E-state index is 13.1. The molecule has 1 atom stereocenters. The van der Waals surface area contributed by atoms with Crippen LogP contribution in [-0.4, -0.2) is 73.1 Å². The summed E-state index contributed by atoms with van der Waals surface area (Å²) >= 11 is 3.31. The highest BCUT2D eigenvalue weighted by molar-refractivity contribution is 9.10. The standard InChI is InChI=1S/C24H27BrN2O6/c1-26(2)9-6-10-27-20(15-12-17(25)22(29)18(13-15)33-4)19(23(30)24(27)31)21(28)14-7-5-8-16(11-14)32-3/h5,7-8,11-13,20,28-29H,6,9-10H2,1-4H3. The number of carbonyl (C=O) groups excluding carboxylic acids is 2. The molecule has 2 aromatic carbocycles. The van der Waals surface area contributed by atoms with E-state index < -0.39 is 17.7 Å². The van der Waals surface area contributed by atoms with Gasteiger partial charge in [0.1, 0.15) is 11.5 Å². The number of Topliss-reactive ketones (excluding diaryl/α,β-unsaturated/α-hetero) is 1. The van der Waals surface area contributed by atoms with E-state index in [-0.39, 0.29) is 22.8 Å². The topological polar surface area (TPSA) is 99.5 Å². The van der Waals surface area contributed by atoms with Gasteiger partial charge in [-0.1, -0.05) is 12.1 Å². The van der Waals surface area contributed by atoms with E-state index >= 15 is 0 Å². The van der Waals surface area contributed by atoms with E-state index in [0.29, 0.717) is 40.9 Å². The lowest BCUT2D eigenvalue weighted by molar-refractivity contribution is -0.139. The van der Waals surface area contributed by atoms with Crippen LogP contribution in [0.25, 0.3) is 5.76 Å². The second-order valence-electron chi connectivity index (χ2n) is 7.93. The number of nitrogens with zero attached hydrogens (tertiary/aromatic N) is 2. The van der Waals surface area contributed by atoms with Crippen molar-refractivity contribution >= 4 is 33.4 Å². The van der Waals surface area contributed by atoms with E-state index in [1.807, 2.05) is 19.0 Å². The third-order valence-electron chi connectivity index (χ3n) is 5.47. The fraction of sp³-hybridized carbons (Fsp3) is 0.333. The summed E-state index contributed by atoms with van der Waals surface area (Å²) in [5, 5.41) is 21.4. The van der Waals surface area contributed by atoms with E-state index in [1.165, 1.54) is 19.1 Å². The van der Waals surface area contributed by atoms with Gasteiger partial charge in [-0.25, -0.2) is 0 Å². The molecule has 1 aliphatic heterocycles. The number of aliphatic hydroxyl groups is 1. The number of benzene rings is 2. The van der Waals surface area contributed by atoms with Gasteiger partial charge in [-0.2, -0.15) is 0 Å². The molecular formula is C24H27BrN2O6. The number of methoxy groups -OCH3 is 2. The minimum absolute atomic E-state index is 0.0299. The van der Waals surface area contributed by atoms with Crippen LogP contribution in [0.5, 0.6) is 17.2 Å². The summed E-state index contributed by atoms with van der Waals surface area (Å²) in [4.78, 5) is 29.6. The number of rotatable bonds is 8. The monoisotopic (exact) mass is 518 g/mol. The van der Waals surface area contributed by atoms with Crippen molar-refractivity contribution in [2.24, 2.45) is 0 Å². The van der Waals surface area contributed by atoms with Gasteiger partial charge in [-0.05, 0) is 72.8 Å². The summed E-state index contributed by atoms with van der Waals surface area (Å²) in [5.41, 5.74) is 0.846. The maximum atomic E-state index is 13.1. The Morgan fingerprint density at radius 3 is 2.52 bits per heavy atom. The first kappa shape index (κ1) is 24.6. The third-order valence-corrected chi connectivity index (χ3v) is 6.08. The number of amides is 1. The Kier molecular flexibility index (Phi) is 7.65. The Morgan fingerprint density at radius 1 is 1.15 bits per heavy atom. The SMILES string of the molecule is COc1cccc(C(O)=C2C(=O)C(=O)N(CCCN(C)C)C2c2cc(Br)c(O)c(OC)c2)c1. The molecule has 0 radical (unpaired) electrons. The molecule has 2 N–H and O–H groups in total. The lowest BCUT2D eigenvalue weighted by Crippen LogP contribution is -2.32. The zero-order valence-corrected chi connectivity index (χ0v) is 20.5. The number of halogens is 1. The molecule has 176 valence electrons. The van der Waals surface area contributed by atoms with Crippen LogP contribution in [0.3, 0.4) is 0 Å². The first-order valence-corrected chi connectivity index (χ1v) is 11.1. The van der Waals surface area contributed by atoms with E-state index in [1.54, 1.807) is 36.4 Å². The van der Waals surface area contributed by atoms with Gasteiger partial charge in [0, 0.05) is 12.1 Å². The van der Waals surface area contributed by atoms with Crippen LogP contribution in [0.1, 0.15) is 23.6 Å². The van der Waals surface area contributed by atoms with E-state index in [2.05, 4.69) is 15.9 Å². The summed E-state index contributed by atoms with van der Waals surface area (Å²) in [6, 6.07) is 8.97. The van der Waals surface area contributed by atoms with Gasteiger partial charge in [-0.15, -0.1) is 0 Å². The molecular weight excluding hydrogens is 492 g/mol. The van der Waals surface area contributed by atoms with Gasteiger partial charge in [0.25, 0.3) is 11.7 Å². The fourth-order valence-corrected chi connectivity index (χ4v) is 4.31. The quantitative estimate of drug-likeness (QED) is 0.313. The van der Waals surface area contributed by atoms with E-state index in [4.69, 9.17) is 9.47 Å². The summed E-state index contributed by atoms with van der Waals surface area (Å²) in [7, 11) is 6.77. The summed E-state index contributed by atoms with van der Waals surface area (Å²) < 4.78 is 10.8. The van der Waals surface area contributed by atoms with Crippen molar-refractivity contribution in [2.45, 2.75) is 12.5 Å². The molecule has 9 heteroatoms. The molecule has 1 amide bonds. The van der Waals surface area contributed by atoms with Gasteiger partial charge in [-0.3, -0.25) is 9.59 Å². The number of ketones is 1. The second-order valence-corrected chi connectivity index (χ2v) is 8.79. The molecule has 0 saturated carbocycles. The average molecular weight is 519 g/mol. The van der Waals surface area contributed by atoms with Gasteiger partial charge in [0.05, 0.1) is 30.3 Å². The molecule has 3 rings (SSSR count). The second kappa shape index (κ2) is 10.3. The number of phenolic OH excluding ortho intramolecular Hbond substituents is 1. The molecule has 8 nitrogen and oxygen atoms in total. The van der Waals surface area contributed by atoms with Crippen molar-refractivity contribution in [3.63, 3.8) is 0 Å². The van der Waals surface area contributed by atoms with Crippen molar-refractivity contribution < 1.29 is 29.3 Å². The first-order chi connectivity index (χ1) is 15.7. The van der Waals surface area contributed by atoms with Crippen LogP contribution in [-0.2, 0) is 9.59 Å². The molecule has 1 aliphatic rings. The molecule has 33 heavy (non-hydrogen) atoms. The number of phenols is 1. The van der Waals surface area contributed by atoms with Gasteiger partial charge in [0.2, 0.25) is 0 Å². The summed E-state index contributed by atoms with van der Waals surface area (Å²) in [5.74, 6) is -1.17. The van der Waals surface area contributed by atoms with Gasteiger partial charge < -0.3 is 29.5 Å². The van der Waals surface area contributed by atoms with Crippen molar-refractivity contribution in [2.75, 3.05) is 41.4 Å². The number of hydrogen-bond donors (Lipinski definition) is 2. The molecule has 1 saturated heterocycles.